The molecule has 24 heavy (non-hydrogen) atoms. The van der Waals surface area contributed by atoms with Crippen LogP contribution in [0.1, 0.15) is 16.0 Å². The molecule has 3 rings (SSSR count). The number of carbonyl (C=O) groups is 2. The van der Waals surface area contributed by atoms with Crippen molar-refractivity contribution in [3.05, 3.63) is 63.3 Å². The minimum atomic E-state index is -0.0623. The molecular formula is C18H17ClN2O2S. The first-order valence-corrected chi connectivity index (χ1v) is 8.82. The van der Waals surface area contributed by atoms with Crippen LogP contribution in [0.15, 0.2) is 43.0 Å². The van der Waals surface area contributed by atoms with Gasteiger partial charge in [0.05, 0.1) is 10.8 Å². The number of amides is 2. The number of benzene rings is 1. The molecule has 2 amide bonds. The van der Waals surface area contributed by atoms with Crippen molar-refractivity contribution in [3.8, 4) is 0 Å². The third-order valence-corrected chi connectivity index (χ3v) is 5.18. The maximum Gasteiger partial charge on any atom is 0.246 e. The van der Waals surface area contributed by atoms with Gasteiger partial charge in [0.1, 0.15) is 0 Å². The van der Waals surface area contributed by atoms with E-state index in [4.69, 9.17) is 11.6 Å². The van der Waals surface area contributed by atoms with Crippen LogP contribution in [-0.4, -0.2) is 23.3 Å². The number of halogens is 1. The lowest BCUT2D eigenvalue weighted by Gasteiger charge is -2.28. The summed E-state index contributed by atoms with van der Waals surface area (Å²) in [5.41, 5.74) is 3.06. The Morgan fingerprint density at radius 3 is 2.83 bits per heavy atom. The number of anilines is 1. The number of nitrogens with one attached hydrogen (secondary N) is 1. The molecule has 1 aliphatic heterocycles. The molecule has 2 heterocycles. The zero-order chi connectivity index (χ0) is 17.1. The molecule has 4 nitrogen and oxygen atoms in total. The standard InChI is InChI=1S/C18H17ClN2O2S/c1-2-18(23)21-8-7-12-9-14(4-3-13(12)11-21)20-17(22)10-15-5-6-16(19)24-15/h2-6,9H,1,7-8,10-11H2,(H,20,22). The van der Waals surface area contributed by atoms with Gasteiger partial charge in [-0.25, -0.2) is 0 Å². The highest BCUT2D eigenvalue weighted by molar-refractivity contribution is 7.16. The fourth-order valence-corrected chi connectivity index (χ4v) is 3.84. The molecule has 0 spiro atoms. The summed E-state index contributed by atoms with van der Waals surface area (Å²) in [6.45, 7) is 4.78. The van der Waals surface area contributed by atoms with E-state index in [2.05, 4.69) is 11.9 Å². The number of thiophene rings is 1. The van der Waals surface area contributed by atoms with E-state index in [1.807, 2.05) is 24.3 Å². The highest BCUT2D eigenvalue weighted by Crippen LogP contribution is 2.24. The van der Waals surface area contributed by atoms with E-state index < -0.39 is 0 Å². The lowest BCUT2D eigenvalue weighted by atomic mass is 9.99. The quantitative estimate of drug-likeness (QED) is 0.846. The van der Waals surface area contributed by atoms with Crippen molar-refractivity contribution < 1.29 is 9.59 Å². The van der Waals surface area contributed by atoms with Crippen molar-refractivity contribution in [2.24, 2.45) is 0 Å². The molecule has 0 aliphatic carbocycles. The maximum absolute atomic E-state index is 12.1. The van der Waals surface area contributed by atoms with Gasteiger partial charge in [-0.15, -0.1) is 11.3 Å². The number of rotatable bonds is 4. The van der Waals surface area contributed by atoms with Crippen LogP contribution in [0.4, 0.5) is 5.69 Å². The monoisotopic (exact) mass is 360 g/mol. The zero-order valence-electron chi connectivity index (χ0n) is 13.0. The lowest BCUT2D eigenvalue weighted by molar-refractivity contribution is -0.126. The number of fused-ring (bicyclic) bond motifs is 1. The van der Waals surface area contributed by atoms with Gasteiger partial charge in [-0.3, -0.25) is 9.59 Å². The van der Waals surface area contributed by atoms with Crippen LogP contribution in [-0.2, 0) is 29.0 Å². The van der Waals surface area contributed by atoms with Gasteiger partial charge < -0.3 is 10.2 Å². The highest BCUT2D eigenvalue weighted by atomic mass is 35.5. The Labute approximate surface area is 149 Å². The van der Waals surface area contributed by atoms with Crippen molar-refractivity contribution in [2.45, 2.75) is 19.4 Å². The Bertz CT molecular complexity index is 800. The van der Waals surface area contributed by atoms with Gasteiger partial charge in [0, 0.05) is 23.7 Å². The number of nitrogens with zero attached hydrogens (tertiary/aromatic N) is 1. The summed E-state index contributed by atoms with van der Waals surface area (Å²) in [6.07, 6.45) is 2.44. The first kappa shape index (κ1) is 16.7. The average Bonchev–Trinajstić information content (AvgIpc) is 2.98. The molecule has 0 atom stereocenters. The molecule has 1 aromatic carbocycles. The van der Waals surface area contributed by atoms with Gasteiger partial charge in [0.15, 0.2) is 0 Å². The zero-order valence-corrected chi connectivity index (χ0v) is 14.6. The van der Waals surface area contributed by atoms with Crippen LogP contribution in [0.5, 0.6) is 0 Å². The summed E-state index contributed by atoms with van der Waals surface area (Å²) >= 11 is 7.29. The van der Waals surface area contributed by atoms with Gasteiger partial charge in [0.2, 0.25) is 11.8 Å². The second-order valence-corrected chi connectivity index (χ2v) is 7.43. The van der Waals surface area contributed by atoms with Crippen molar-refractivity contribution in [3.63, 3.8) is 0 Å². The topological polar surface area (TPSA) is 49.4 Å². The molecule has 0 saturated carbocycles. The third kappa shape index (κ3) is 3.86. The summed E-state index contributed by atoms with van der Waals surface area (Å²) in [4.78, 5) is 26.5. The molecule has 1 aliphatic rings. The normalized spacial score (nSPS) is 13.3. The van der Waals surface area contributed by atoms with Crippen LogP contribution in [0.3, 0.4) is 0 Å². The maximum atomic E-state index is 12.1. The average molecular weight is 361 g/mol. The molecule has 0 bridgehead atoms. The van der Waals surface area contributed by atoms with E-state index >= 15 is 0 Å². The van der Waals surface area contributed by atoms with Crippen molar-refractivity contribution in [1.82, 2.24) is 4.90 Å². The lowest BCUT2D eigenvalue weighted by Crippen LogP contribution is -2.34. The smallest absolute Gasteiger partial charge is 0.246 e. The number of carbonyl (C=O) groups excluding carboxylic acids is 2. The second kappa shape index (κ2) is 7.20. The minimum Gasteiger partial charge on any atom is -0.335 e. The predicted octanol–water partition coefficient (Wildman–Crippen LogP) is 3.65. The Kier molecular flexibility index (Phi) is 5.02. The molecule has 124 valence electrons. The Balaban J connectivity index is 1.65. The van der Waals surface area contributed by atoms with Crippen molar-refractivity contribution in [2.75, 3.05) is 11.9 Å². The fraction of sp³-hybridized carbons (Fsp3) is 0.222. The van der Waals surface area contributed by atoms with E-state index in [9.17, 15) is 9.59 Å². The van der Waals surface area contributed by atoms with Crippen molar-refractivity contribution >= 4 is 40.4 Å². The van der Waals surface area contributed by atoms with Crippen LogP contribution < -0.4 is 5.32 Å². The molecule has 6 heteroatoms. The van der Waals surface area contributed by atoms with Gasteiger partial charge in [-0.05, 0) is 47.9 Å². The molecule has 0 saturated heterocycles. The SMILES string of the molecule is C=CC(=O)N1CCc2cc(NC(=O)Cc3ccc(Cl)s3)ccc2C1. The molecule has 0 fully saturated rings. The Hall–Kier alpha value is -2.11. The van der Waals surface area contributed by atoms with Crippen LogP contribution in [0.25, 0.3) is 0 Å². The van der Waals surface area contributed by atoms with Gasteiger partial charge >= 0.3 is 0 Å². The molecular weight excluding hydrogens is 344 g/mol. The molecule has 1 aromatic heterocycles. The van der Waals surface area contributed by atoms with E-state index in [1.165, 1.54) is 23.0 Å². The molecule has 1 N–H and O–H groups in total. The van der Waals surface area contributed by atoms with Crippen LogP contribution in [0, 0.1) is 0 Å². The van der Waals surface area contributed by atoms with E-state index in [0.29, 0.717) is 23.8 Å². The summed E-state index contributed by atoms with van der Waals surface area (Å²) in [7, 11) is 0. The Morgan fingerprint density at radius 2 is 2.12 bits per heavy atom. The summed E-state index contributed by atoms with van der Waals surface area (Å²) in [6, 6.07) is 9.49. The highest BCUT2D eigenvalue weighted by Gasteiger charge is 2.19. The van der Waals surface area contributed by atoms with Gasteiger partial charge in [-0.1, -0.05) is 24.2 Å². The first-order chi connectivity index (χ1) is 11.5. The largest absolute Gasteiger partial charge is 0.335 e. The van der Waals surface area contributed by atoms with E-state index in [1.54, 1.807) is 11.0 Å². The first-order valence-electron chi connectivity index (χ1n) is 7.62. The van der Waals surface area contributed by atoms with Gasteiger partial charge in [0.25, 0.3) is 0 Å². The van der Waals surface area contributed by atoms with Crippen molar-refractivity contribution in [1.29, 1.82) is 0 Å². The Morgan fingerprint density at radius 1 is 1.29 bits per heavy atom. The summed E-state index contributed by atoms with van der Waals surface area (Å²) in [5, 5.41) is 2.92. The molecule has 0 radical (unpaired) electrons. The third-order valence-electron chi connectivity index (χ3n) is 3.95. The number of hydrogen-bond donors (Lipinski definition) is 1. The summed E-state index contributed by atoms with van der Waals surface area (Å²) < 4.78 is 0.685. The summed E-state index contributed by atoms with van der Waals surface area (Å²) in [5.74, 6) is -0.111. The van der Waals surface area contributed by atoms with E-state index in [-0.39, 0.29) is 11.8 Å². The van der Waals surface area contributed by atoms with Crippen LogP contribution >= 0.6 is 22.9 Å². The van der Waals surface area contributed by atoms with E-state index in [0.717, 1.165) is 22.5 Å². The molecule has 2 aromatic rings. The minimum absolute atomic E-state index is 0.0485. The number of hydrogen-bond acceptors (Lipinski definition) is 3. The fourth-order valence-electron chi connectivity index (χ4n) is 2.76. The molecule has 0 unspecified atom stereocenters. The second-order valence-electron chi connectivity index (χ2n) is 5.63. The predicted molar refractivity (Wildman–Crippen MR) is 97.4 cm³/mol. The van der Waals surface area contributed by atoms with Crippen LogP contribution in [0.2, 0.25) is 4.34 Å². The van der Waals surface area contributed by atoms with Gasteiger partial charge in [-0.2, -0.15) is 0 Å².